The third kappa shape index (κ3) is 2.85. The Labute approximate surface area is 136 Å². The summed E-state index contributed by atoms with van der Waals surface area (Å²) in [5, 5.41) is 5.63. The second-order valence-corrected chi connectivity index (χ2v) is 6.90. The van der Waals surface area contributed by atoms with E-state index in [0.29, 0.717) is 12.3 Å². The molecule has 1 aromatic carbocycles. The van der Waals surface area contributed by atoms with Gasteiger partial charge in [0.1, 0.15) is 0 Å². The molecule has 0 N–H and O–H groups in total. The Kier molecular flexibility index (Phi) is 3.81. The molecule has 3 heterocycles. The zero-order valence-electron chi connectivity index (χ0n) is 13.4. The number of ether oxygens (including phenoxy) is 1. The van der Waals surface area contributed by atoms with E-state index < -0.39 is 0 Å². The molecular formula is C18H23N3O2. The molecule has 2 aliphatic rings. The second-order valence-electron chi connectivity index (χ2n) is 6.90. The number of hydrogen-bond acceptors (Lipinski definition) is 3. The van der Waals surface area contributed by atoms with Crippen LogP contribution in [0.25, 0.3) is 10.9 Å². The smallest absolute Gasteiger partial charge is 0.222 e. The van der Waals surface area contributed by atoms with E-state index in [9.17, 15) is 4.79 Å². The van der Waals surface area contributed by atoms with Gasteiger partial charge in [-0.2, -0.15) is 5.10 Å². The van der Waals surface area contributed by atoms with Crippen molar-refractivity contribution < 1.29 is 9.53 Å². The Morgan fingerprint density at radius 2 is 2.13 bits per heavy atom. The molecular weight excluding hydrogens is 290 g/mol. The van der Waals surface area contributed by atoms with E-state index >= 15 is 0 Å². The van der Waals surface area contributed by atoms with Gasteiger partial charge in [0, 0.05) is 43.5 Å². The van der Waals surface area contributed by atoms with E-state index in [0.717, 1.165) is 57.6 Å². The number of carbonyl (C=O) groups excluding carboxylic acids is 1. The SMILES string of the molecule is O=C1CCC2(CCOC2)CN1CCCn1ncc2ccccc21. The van der Waals surface area contributed by atoms with Crippen LogP contribution in [0.1, 0.15) is 25.7 Å². The molecule has 1 atom stereocenters. The lowest BCUT2D eigenvalue weighted by atomic mass is 9.79. The fourth-order valence-electron chi connectivity index (χ4n) is 3.89. The van der Waals surface area contributed by atoms with Crippen molar-refractivity contribution in [2.45, 2.75) is 32.2 Å². The zero-order chi connectivity index (χ0) is 15.7. The van der Waals surface area contributed by atoms with Crippen LogP contribution in [0.4, 0.5) is 0 Å². The topological polar surface area (TPSA) is 47.4 Å². The monoisotopic (exact) mass is 313 g/mol. The highest BCUT2D eigenvalue weighted by atomic mass is 16.5. The number of fused-ring (bicyclic) bond motifs is 1. The first-order valence-electron chi connectivity index (χ1n) is 8.52. The van der Waals surface area contributed by atoms with Crippen molar-refractivity contribution in [2.24, 2.45) is 5.41 Å². The van der Waals surface area contributed by atoms with Crippen molar-refractivity contribution in [1.82, 2.24) is 14.7 Å². The van der Waals surface area contributed by atoms with Crippen LogP contribution in [-0.2, 0) is 16.1 Å². The van der Waals surface area contributed by atoms with Crippen molar-refractivity contribution in [2.75, 3.05) is 26.3 Å². The standard InChI is InChI=1S/C18H23N3O2/c22-17-6-7-18(8-11-23-14-18)13-20(17)9-3-10-21-16-5-2-1-4-15(16)12-19-21/h1-2,4-5,12H,3,6-11,13-14H2. The lowest BCUT2D eigenvalue weighted by Crippen LogP contribution is -2.47. The number of hydrogen-bond donors (Lipinski definition) is 0. The van der Waals surface area contributed by atoms with E-state index in [1.54, 1.807) is 0 Å². The van der Waals surface area contributed by atoms with Crippen LogP contribution in [0.2, 0.25) is 0 Å². The van der Waals surface area contributed by atoms with Gasteiger partial charge in [-0.1, -0.05) is 18.2 Å². The Bertz CT molecular complexity index is 703. The van der Waals surface area contributed by atoms with Gasteiger partial charge in [0.25, 0.3) is 0 Å². The van der Waals surface area contributed by atoms with E-state index in [1.807, 2.05) is 27.9 Å². The number of benzene rings is 1. The van der Waals surface area contributed by atoms with E-state index in [1.165, 1.54) is 5.39 Å². The second kappa shape index (κ2) is 5.96. The molecule has 23 heavy (non-hydrogen) atoms. The molecule has 0 aliphatic carbocycles. The Morgan fingerprint density at radius 3 is 3.00 bits per heavy atom. The van der Waals surface area contributed by atoms with E-state index in [-0.39, 0.29) is 5.41 Å². The molecule has 2 aromatic rings. The summed E-state index contributed by atoms with van der Waals surface area (Å²) in [5.41, 5.74) is 1.39. The number of likely N-dealkylation sites (tertiary alicyclic amines) is 1. The summed E-state index contributed by atoms with van der Waals surface area (Å²) < 4.78 is 7.62. The van der Waals surface area contributed by atoms with Gasteiger partial charge < -0.3 is 9.64 Å². The summed E-state index contributed by atoms with van der Waals surface area (Å²) in [6.45, 7) is 4.20. The summed E-state index contributed by atoms with van der Waals surface area (Å²) >= 11 is 0. The number of aryl methyl sites for hydroxylation is 1. The molecule has 2 saturated heterocycles. The van der Waals surface area contributed by atoms with Gasteiger partial charge in [-0.3, -0.25) is 9.48 Å². The minimum absolute atomic E-state index is 0.228. The fraction of sp³-hybridized carbons (Fsp3) is 0.556. The summed E-state index contributed by atoms with van der Waals surface area (Å²) in [4.78, 5) is 14.2. The Morgan fingerprint density at radius 1 is 1.22 bits per heavy atom. The summed E-state index contributed by atoms with van der Waals surface area (Å²) in [6, 6.07) is 8.25. The molecule has 5 nitrogen and oxygen atoms in total. The first-order chi connectivity index (χ1) is 11.3. The number of rotatable bonds is 4. The van der Waals surface area contributed by atoms with Crippen LogP contribution in [0.15, 0.2) is 30.5 Å². The maximum atomic E-state index is 12.2. The molecule has 0 saturated carbocycles. The number of piperidine rings is 1. The van der Waals surface area contributed by atoms with Crippen molar-refractivity contribution >= 4 is 16.8 Å². The molecule has 1 aromatic heterocycles. The van der Waals surface area contributed by atoms with Gasteiger partial charge in [-0.25, -0.2) is 0 Å². The molecule has 5 heteroatoms. The summed E-state index contributed by atoms with van der Waals surface area (Å²) in [7, 11) is 0. The summed E-state index contributed by atoms with van der Waals surface area (Å²) in [5.74, 6) is 0.299. The molecule has 0 radical (unpaired) electrons. The van der Waals surface area contributed by atoms with E-state index in [2.05, 4.69) is 17.2 Å². The van der Waals surface area contributed by atoms with Crippen molar-refractivity contribution in [1.29, 1.82) is 0 Å². The first-order valence-corrected chi connectivity index (χ1v) is 8.52. The van der Waals surface area contributed by atoms with Gasteiger partial charge in [0.2, 0.25) is 5.91 Å². The minimum Gasteiger partial charge on any atom is -0.381 e. The molecule has 2 fully saturated rings. The molecule has 4 rings (SSSR count). The highest BCUT2D eigenvalue weighted by molar-refractivity contribution is 5.78. The molecule has 122 valence electrons. The molecule has 1 spiro atoms. The van der Waals surface area contributed by atoms with Crippen LogP contribution in [0.3, 0.4) is 0 Å². The van der Waals surface area contributed by atoms with Crippen LogP contribution in [0, 0.1) is 5.41 Å². The van der Waals surface area contributed by atoms with Crippen LogP contribution in [0.5, 0.6) is 0 Å². The van der Waals surface area contributed by atoms with Crippen LogP contribution < -0.4 is 0 Å². The van der Waals surface area contributed by atoms with Gasteiger partial charge in [-0.15, -0.1) is 0 Å². The lowest BCUT2D eigenvalue weighted by molar-refractivity contribution is -0.137. The number of para-hydroxylation sites is 1. The van der Waals surface area contributed by atoms with Gasteiger partial charge in [0.05, 0.1) is 18.3 Å². The largest absolute Gasteiger partial charge is 0.381 e. The number of nitrogens with zero attached hydrogens (tertiary/aromatic N) is 3. The average molecular weight is 313 g/mol. The zero-order valence-corrected chi connectivity index (χ0v) is 13.4. The predicted octanol–water partition coefficient (Wildman–Crippen LogP) is 2.46. The molecule has 2 aliphatic heterocycles. The van der Waals surface area contributed by atoms with Gasteiger partial charge >= 0.3 is 0 Å². The highest BCUT2D eigenvalue weighted by Gasteiger charge is 2.41. The van der Waals surface area contributed by atoms with Gasteiger partial charge in [0.15, 0.2) is 0 Å². The first kappa shape index (κ1) is 14.7. The number of carbonyl (C=O) groups is 1. The van der Waals surface area contributed by atoms with Crippen molar-refractivity contribution in [3.8, 4) is 0 Å². The summed E-state index contributed by atoms with van der Waals surface area (Å²) in [6.07, 6.45) is 5.61. The molecule has 1 unspecified atom stereocenters. The Hall–Kier alpha value is -1.88. The normalized spacial score (nSPS) is 24.9. The van der Waals surface area contributed by atoms with E-state index in [4.69, 9.17) is 4.74 Å². The lowest BCUT2D eigenvalue weighted by Gasteiger charge is -2.39. The third-order valence-corrected chi connectivity index (χ3v) is 5.28. The highest BCUT2D eigenvalue weighted by Crippen LogP contribution is 2.38. The maximum Gasteiger partial charge on any atom is 0.222 e. The average Bonchev–Trinajstić information content (AvgIpc) is 3.19. The maximum absolute atomic E-state index is 12.2. The minimum atomic E-state index is 0.228. The number of amides is 1. The fourth-order valence-corrected chi connectivity index (χ4v) is 3.89. The molecule has 1 amide bonds. The van der Waals surface area contributed by atoms with Gasteiger partial charge in [-0.05, 0) is 25.3 Å². The Balaban J connectivity index is 1.37. The third-order valence-electron chi connectivity index (χ3n) is 5.28. The predicted molar refractivity (Wildman–Crippen MR) is 88.0 cm³/mol. The van der Waals surface area contributed by atoms with Crippen molar-refractivity contribution in [3.63, 3.8) is 0 Å². The van der Waals surface area contributed by atoms with Crippen molar-refractivity contribution in [3.05, 3.63) is 30.5 Å². The quantitative estimate of drug-likeness (QED) is 0.871. The van der Waals surface area contributed by atoms with Crippen LogP contribution >= 0.6 is 0 Å². The van der Waals surface area contributed by atoms with Crippen LogP contribution in [-0.4, -0.2) is 46.9 Å². The molecule has 0 bridgehead atoms. The number of aromatic nitrogens is 2.